The Morgan fingerprint density at radius 1 is 1.18 bits per heavy atom. The van der Waals surface area contributed by atoms with Crippen molar-refractivity contribution < 1.29 is 17.9 Å². The normalized spacial score (nSPS) is 11.5. The smallest absolute Gasteiger partial charge is 0.340 e. The number of aromatic nitrogens is 2. The van der Waals surface area contributed by atoms with Crippen LogP contribution in [-0.4, -0.2) is 30.5 Å². The number of nitrogens with zero attached hydrogens (tertiary/aromatic N) is 2. The van der Waals surface area contributed by atoms with E-state index in [1.54, 1.807) is 30.3 Å². The number of carbonyl (C=O) groups is 1. The van der Waals surface area contributed by atoms with Gasteiger partial charge in [-0.2, -0.15) is 0 Å². The fourth-order valence-corrected chi connectivity index (χ4v) is 3.57. The van der Waals surface area contributed by atoms with Gasteiger partial charge in [-0.25, -0.2) is 17.2 Å². The Morgan fingerprint density at radius 3 is 2.64 bits per heavy atom. The van der Waals surface area contributed by atoms with Gasteiger partial charge in [-0.05, 0) is 18.2 Å². The molecule has 0 saturated heterocycles. The van der Waals surface area contributed by atoms with Gasteiger partial charge in [0.15, 0.2) is 0 Å². The molecule has 2 heterocycles. The fraction of sp³-hybridized carbons (Fsp3) is 0.0667. The van der Waals surface area contributed by atoms with E-state index in [1.807, 2.05) is 0 Å². The van der Waals surface area contributed by atoms with Crippen LogP contribution < -0.4 is 0 Å². The molecule has 22 heavy (non-hydrogen) atoms. The maximum Gasteiger partial charge on any atom is 0.340 e. The number of carbonyl (C=O) groups excluding carboxylic acids is 1. The molecule has 3 aromatic rings. The van der Waals surface area contributed by atoms with Gasteiger partial charge in [0.05, 0.1) is 18.2 Å². The summed E-state index contributed by atoms with van der Waals surface area (Å²) in [6.07, 6.45) is 4.04. The Balaban J connectivity index is 2.31. The lowest BCUT2D eigenvalue weighted by Gasteiger charge is -2.06. The lowest BCUT2D eigenvalue weighted by Crippen LogP contribution is -2.12. The van der Waals surface area contributed by atoms with Crippen molar-refractivity contribution in [2.75, 3.05) is 7.11 Å². The van der Waals surface area contributed by atoms with E-state index >= 15 is 0 Å². The van der Waals surface area contributed by atoms with Crippen LogP contribution in [0.4, 0.5) is 0 Å². The van der Waals surface area contributed by atoms with Crippen LogP contribution >= 0.6 is 0 Å². The third kappa shape index (κ3) is 2.15. The number of pyridine rings is 1. The Bertz CT molecular complexity index is 946. The van der Waals surface area contributed by atoms with Crippen LogP contribution in [0.1, 0.15) is 10.4 Å². The first kappa shape index (κ1) is 14.3. The third-order valence-corrected chi connectivity index (χ3v) is 4.93. The quantitative estimate of drug-likeness (QED) is 0.691. The lowest BCUT2D eigenvalue weighted by atomic mass is 10.2. The molecular weight excluding hydrogens is 304 g/mol. The van der Waals surface area contributed by atoms with Gasteiger partial charge in [0.2, 0.25) is 0 Å². The second-order valence-corrected chi connectivity index (χ2v) is 6.36. The van der Waals surface area contributed by atoms with E-state index in [-0.39, 0.29) is 10.5 Å². The van der Waals surface area contributed by atoms with Gasteiger partial charge in [0, 0.05) is 24.0 Å². The number of para-hydroxylation sites is 1. The number of esters is 1. The maximum atomic E-state index is 12.7. The van der Waals surface area contributed by atoms with Crippen molar-refractivity contribution >= 4 is 26.9 Å². The minimum Gasteiger partial charge on any atom is -0.465 e. The Morgan fingerprint density at radius 2 is 1.95 bits per heavy atom. The third-order valence-electron chi connectivity index (χ3n) is 3.27. The second kappa shape index (κ2) is 5.27. The van der Waals surface area contributed by atoms with Crippen molar-refractivity contribution in [1.29, 1.82) is 0 Å². The monoisotopic (exact) mass is 316 g/mol. The molecule has 0 saturated carbocycles. The summed E-state index contributed by atoms with van der Waals surface area (Å²) in [5.41, 5.74) is 0.609. The number of methoxy groups -OCH3 is 1. The predicted molar refractivity (Wildman–Crippen MR) is 80.1 cm³/mol. The predicted octanol–water partition coefficient (Wildman–Crippen LogP) is 2.06. The van der Waals surface area contributed by atoms with Crippen LogP contribution in [0, 0.1) is 0 Å². The molecule has 6 nitrogen and oxygen atoms in total. The first-order valence-electron chi connectivity index (χ1n) is 6.39. The van der Waals surface area contributed by atoms with E-state index in [4.69, 9.17) is 4.74 Å². The van der Waals surface area contributed by atoms with Gasteiger partial charge in [-0.1, -0.05) is 18.2 Å². The average Bonchev–Trinajstić information content (AvgIpc) is 2.95. The molecule has 0 aliphatic rings. The van der Waals surface area contributed by atoms with Gasteiger partial charge in [0.25, 0.3) is 10.0 Å². The van der Waals surface area contributed by atoms with Crippen molar-refractivity contribution in [3.05, 3.63) is 60.6 Å². The summed E-state index contributed by atoms with van der Waals surface area (Å²) in [5, 5.41) is 0.516. The molecule has 0 spiro atoms. The number of rotatable bonds is 3. The zero-order chi connectivity index (χ0) is 15.7. The zero-order valence-electron chi connectivity index (χ0n) is 11.6. The molecule has 0 aliphatic heterocycles. The van der Waals surface area contributed by atoms with Gasteiger partial charge in [-0.3, -0.25) is 4.98 Å². The number of benzene rings is 1. The molecule has 2 aromatic heterocycles. The van der Waals surface area contributed by atoms with E-state index in [0.717, 1.165) is 3.97 Å². The molecule has 0 amide bonds. The van der Waals surface area contributed by atoms with Crippen LogP contribution in [-0.2, 0) is 14.8 Å². The largest absolute Gasteiger partial charge is 0.465 e. The molecule has 1 aromatic carbocycles. The maximum absolute atomic E-state index is 12.7. The first-order chi connectivity index (χ1) is 10.6. The Hall–Kier alpha value is -2.67. The van der Waals surface area contributed by atoms with Crippen molar-refractivity contribution in [3.8, 4) is 0 Å². The molecule has 0 bridgehead atoms. The van der Waals surface area contributed by atoms with Crippen molar-refractivity contribution in [2.24, 2.45) is 0 Å². The lowest BCUT2D eigenvalue weighted by molar-refractivity contribution is 0.0603. The highest BCUT2D eigenvalue weighted by Gasteiger charge is 2.23. The minimum atomic E-state index is -3.84. The van der Waals surface area contributed by atoms with Crippen LogP contribution in [0.2, 0.25) is 0 Å². The highest BCUT2D eigenvalue weighted by atomic mass is 32.2. The standard InChI is InChI=1S/C15H12N2O4S/c1-21-15(18)13-10-17(14-7-3-2-6-12(13)14)22(19,20)11-5-4-8-16-9-11/h2-10H,1H3. The van der Waals surface area contributed by atoms with Crippen molar-refractivity contribution in [2.45, 2.75) is 4.90 Å². The summed E-state index contributed by atoms with van der Waals surface area (Å²) >= 11 is 0. The first-order valence-corrected chi connectivity index (χ1v) is 7.83. The summed E-state index contributed by atoms with van der Waals surface area (Å²) in [7, 11) is -2.59. The molecule has 112 valence electrons. The minimum absolute atomic E-state index is 0.0483. The van der Waals surface area contributed by atoms with Gasteiger partial charge in [0.1, 0.15) is 4.90 Å². The molecule has 0 aliphatic carbocycles. The number of hydrogen-bond acceptors (Lipinski definition) is 5. The molecule has 0 atom stereocenters. The fourth-order valence-electron chi connectivity index (χ4n) is 2.23. The molecule has 0 N–H and O–H groups in total. The zero-order valence-corrected chi connectivity index (χ0v) is 12.4. The summed E-state index contributed by atoms with van der Waals surface area (Å²) in [4.78, 5) is 15.7. The summed E-state index contributed by atoms with van der Waals surface area (Å²) in [5.74, 6) is -0.587. The van der Waals surface area contributed by atoms with Gasteiger partial charge >= 0.3 is 5.97 Å². The average molecular weight is 316 g/mol. The molecule has 0 unspecified atom stereocenters. The topological polar surface area (TPSA) is 78.3 Å². The van der Waals surface area contributed by atoms with E-state index in [9.17, 15) is 13.2 Å². The molecule has 0 radical (unpaired) electrons. The highest BCUT2D eigenvalue weighted by molar-refractivity contribution is 7.90. The van der Waals surface area contributed by atoms with E-state index in [0.29, 0.717) is 10.9 Å². The number of hydrogen-bond donors (Lipinski definition) is 0. The summed E-state index contributed by atoms with van der Waals surface area (Å²) in [6.45, 7) is 0. The van der Waals surface area contributed by atoms with E-state index in [2.05, 4.69) is 4.98 Å². The van der Waals surface area contributed by atoms with Gasteiger partial charge in [-0.15, -0.1) is 0 Å². The molecule has 0 fully saturated rings. The Labute approximate surface area is 127 Å². The summed E-state index contributed by atoms with van der Waals surface area (Å²) < 4.78 is 31.3. The Kier molecular flexibility index (Phi) is 3.42. The number of fused-ring (bicyclic) bond motifs is 1. The summed E-state index contributed by atoms with van der Waals surface area (Å²) in [6, 6.07) is 9.75. The molecular formula is C15H12N2O4S. The van der Waals surface area contributed by atoms with Crippen LogP contribution in [0.15, 0.2) is 59.9 Å². The van der Waals surface area contributed by atoms with E-state index in [1.165, 1.54) is 31.8 Å². The van der Waals surface area contributed by atoms with Crippen LogP contribution in [0.5, 0.6) is 0 Å². The van der Waals surface area contributed by atoms with E-state index < -0.39 is 16.0 Å². The highest BCUT2D eigenvalue weighted by Crippen LogP contribution is 2.26. The van der Waals surface area contributed by atoms with Crippen LogP contribution in [0.25, 0.3) is 10.9 Å². The van der Waals surface area contributed by atoms with Crippen molar-refractivity contribution in [1.82, 2.24) is 8.96 Å². The van der Waals surface area contributed by atoms with Gasteiger partial charge < -0.3 is 4.74 Å². The molecule has 3 rings (SSSR count). The van der Waals surface area contributed by atoms with Crippen LogP contribution in [0.3, 0.4) is 0 Å². The van der Waals surface area contributed by atoms with Crippen molar-refractivity contribution in [3.63, 3.8) is 0 Å². The molecule has 7 heteroatoms. The second-order valence-electron chi connectivity index (χ2n) is 4.54. The SMILES string of the molecule is COC(=O)c1cn(S(=O)(=O)c2cccnc2)c2ccccc12. The number of ether oxygens (including phenoxy) is 1.